The lowest BCUT2D eigenvalue weighted by Crippen LogP contribution is -2.51. The molecule has 0 bridgehead atoms. The van der Waals surface area contributed by atoms with Crippen molar-refractivity contribution < 1.29 is 14.6 Å². The number of carboxylic acid groups (broad SMARTS) is 1. The number of aliphatic carboxylic acids is 1. The smallest absolute Gasteiger partial charge is 0.320 e. The molecule has 0 spiro atoms. The minimum atomic E-state index is -0.752. The first kappa shape index (κ1) is 14.7. The molecule has 1 aliphatic heterocycles. The normalized spacial score (nSPS) is 18.7. The Labute approximate surface area is 119 Å². The van der Waals surface area contributed by atoms with Gasteiger partial charge in [0.2, 0.25) is 5.88 Å². The van der Waals surface area contributed by atoms with E-state index in [9.17, 15) is 4.79 Å². The number of carboxylic acids is 1. The second-order valence-electron chi connectivity index (χ2n) is 5.04. The van der Waals surface area contributed by atoms with Crippen LogP contribution in [0.3, 0.4) is 0 Å². The second kappa shape index (κ2) is 6.67. The lowest BCUT2D eigenvalue weighted by atomic mass is 10.2. The minimum absolute atomic E-state index is 0.403. The van der Waals surface area contributed by atoms with Crippen LogP contribution in [0.25, 0.3) is 0 Å². The molecular weight excluding hydrogens is 258 g/mol. The summed E-state index contributed by atoms with van der Waals surface area (Å²) in [5.41, 5.74) is 1.14. The molecule has 20 heavy (non-hydrogen) atoms. The molecule has 1 aromatic rings. The van der Waals surface area contributed by atoms with Crippen molar-refractivity contribution in [3.05, 3.63) is 23.9 Å². The van der Waals surface area contributed by atoms with Crippen molar-refractivity contribution in [3.8, 4) is 5.88 Å². The Morgan fingerprint density at radius 1 is 1.40 bits per heavy atom. The highest BCUT2D eigenvalue weighted by Crippen LogP contribution is 2.12. The van der Waals surface area contributed by atoms with E-state index in [0.29, 0.717) is 5.88 Å². The third-order valence-corrected chi connectivity index (χ3v) is 3.72. The summed E-state index contributed by atoms with van der Waals surface area (Å²) < 4.78 is 5.03. The molecule has 0 aliphatic carbocycles. The number of hydrogen-bond donors (Lipinski definition) is 1. The summed E-state index contributed by atoms with van der Waals surface area (Å²) in [6.45, 7) is 5.92. The number of pyridine rings is 1. The van der Waals surface area contributed by atoms with Gasteiger partial charge < -0.3 is 9.84 Å². The van der Waals surface area contributed by atoms with Crippen molar-refractivity contribution >= 4 is 5.97 Å². The highest BCUT2D eigenvalue weighted by molar-refractivity contribution is 5.72. The van der Waals surface area contributed by atoms with Crippen LogP contribution < -0.4 is 4.74 Å². The van der Waals surface area contributed by atoms with Gasteiger partial charge in [0.05, 0.1) is 7.11 Å². The molecule has 0 amide bonds. The van der Waals surface area contributed by atoms with Crippen molar-refractivity contribution in [2.24, 2.45) is 0 Å². The first-order valence-corrected chi connectivity index (χ1v) is 6.78. The molecule has 0 radical (unpaired) electrons. The number of ether oxygens (including phenoxy) is 1. The Morgan fingerprint density at radius 3 is 2.60 bits per heavy atom. The average molecular weight is 279 g/mol. The fourth-order valence-corrected chi connectivity index (χ4v) is 2.35. The molecule has 1 aliphatic rings. The largest absolute Gasteiger partial charge is 0.481 e. The van der Waals surface area contributed by atoms with Crippen molar-refractivity contribution in [2.45, 2.75) is 19.5 Å². The average Bonchev–Trinajstić information content (AvgIpc) is 2.48. The maximum absolute atomic E-state index is 11.0. The predicted octanol–water partition coefficient (Wildman–Crippen LogP) is 0.681. The zero-order valence-electron chi connectivity index (χ0n) is 12.0. The molecule has 2 heterocycles. The molecule has 1 fully saturated rings. The van der Waals surface area contributed by atoms with Crippen molar-refractivity contribution in [1.29, 1.82) is 0 Å². The molecule has 0 saturated carbocycles. The number of piperazine rings is 1. The van der Waals surface area contributed by atoms with Crippen LogP contribution in [0.2, 0.25) is 0 Å². The van der Waals surface area contributed by atoms with Crippen LogP contribution in [-0.4, -0.2) is 65.2 Å². The number of methoxy groups -OCH3 is 1. The second-order valence-corrected chi connectivity index (χ2v) is 5.04. The van der Waals surface area contributed by atoms with Gasteiger partial charge in [-0.1, -0.05) is 6.07 Å². The third-order valence-electron chi connectivity index (χ3n) is 3.72. The van der Waals surface area contributed by atoms with Gasteiger partial charge >= 0.3 is 5.97 Å². The first-order chi connectivity index (χ1) is 9.60. The molecule has 1 aromatic heterocycles. The van der Waals surface area contributed by atoms with Gasteiger partial charge in [-0.2, -0.15) is 0 Å². The summed E-state index contributed by atoms with van der Waals surface area (Å²) in [5, 5.41) is 9.01. The third kappa shape index (κ3) is 3.68. The maximum atomic E-state index is 11.0. The maximum Gasteiger partial charge on any atom is 0.320 e. The molecule has 1 unspecified atom stereocenters. The van der Waals surface area contributed by atoms with Gasteiger partial charge in [-0.3, -0.25) is 14.6 Å². The Kier molecular flexibility index (Phi) is 4.92. The van der Waals surface area contributed by atoms with Crippen LogP contribution in [0.15, 0.2) is 18.3 Å². The van der Waals surface area contributed by atoms with Gasteiger partial charge in [0, 0.05) is 45.0 Å². The van der Waals surface area contributed by atoms with E-state index in [-0.39, 0.29) is 0 Å². The Morgan fingerprint density at radius 2 is 2.10 bits per heavy atom. The standard InChI is InChI=1S/C14H21N3O3/c1-11(14(18)19)17-7-5-16(6-8-17)10-12-3-4-13(20-2)15-9-12/h3-4,9,11H,5-8,10H2,1-2H3,(H,18,19). The molecule has 6 heteroatoms. The van der Waals surface area contributed by atoms with Crippen LogP contribution in [0, 0.1) is 0 Å². The van der Waals surface area contributed by atoms with E-state index in [1.165, 1.54) is 0 Å². The van der Waals surface area contributed by atoms with Crippen molar-refractivity contribution in [2.75, 3.05) is 33.3 Å². The van der Waals surface area contributed by atoms with Gasteiger partial charge in [-0.05, 0) is 12.5 Å². The van der Waals surface area contributed by atoms with E-state index in [4.69, 9.17) is 9.84 Å². The number of nitrogens with zero attached hydrogens (tertiary/aromatic N) is 3. The number of rotatable bonds is 5. The van der Waals surface area contributed by atoms with Gasteiger partial charge in [0.25, 0.3) is 0 Å². The molecular formula is C14H21N3O3. The van der Waals surface area contributed by atoms with Gasteiger partial charge in [-0.15, -0.1) is 0 Å². The molecule has 0 aromatic carbocycles. The zero-order chi connectivity index (χ0) is 14.5. The molecule has 1 atom stereocenters. The molecule has 6 nitrogen and oxygen atoms in total. The van der Waals surface area contributed by atoms with E-state index in [1.54, 1.807) is 14.0 Å². The lowest BCUT2D eigenvalue weighted by Gasteiger charge is -2.36. The number of hydrogen-bond acceptors (Lipinski definition) is 5. The summed E-state index contributed by atoms with van der Waals surface area (Å²) in [6.07, 6.45) is 1.82. The van der Waals surface area contributed by atoms with E-state index >= 15 is 0 Å². The van der Waals surface area contributed by atoms with E-state index in [2.05, 4.69) is 9.88 Å². The van der Waals surface area contributed by atoms with Crippen molar-refractivity contribution in [1.82, 2.24) is 14.8 Å². The number of carbonyl (C=O) groups is 1. The minimum Gasteiger partial charge on any atom is -0.481 e. The summed E-state index contributed by atoms with van der Waals surface area (Å²) in [5.74, 6) is -0.133. The monoisotopic (exact) mass is 279 g/mol. The SMILES string of the molecule is COc1ccc(CN2CCN(C(C)C(=O)O)CC2)cn1. The van der Waals surface area contributed by atoms with Crippen LogP contribution in [0.1, 0.15) is 12.5 Å². The predicted molar refractivity (Wildman–Crippen MR) is 74.7 cm³/mol. The first-order valence-electron chi connectivity index (χ1n) is 6.78. The summed E-state index contributed by atoms with van der Waals surface area (Å²) >= 11 is 0. The fourth-order valence-electron chi connectivity index (χ4n) is 2.35. The zero-order valence-corrected chi connectivity index (χ0v) is 12.0. The Hall–Kier alpha value is -1.66. The molecule has 2 rings (SSSR count). The van der Waals surface area contributed by atoms with E-state index in [1.807, 2.05) is 23.2 Å². The summed E-state index contributed by atoms with van der Waals surface area (Å²) in [7, 11) is 1.60. The van der Waals surface area contributed by atoms with Gasteiger partial charge in [-0.25, -0.2) is 4.98 Å². The van der Waals surface area contributed by atoms with Crippen LogP contribution in [-0.2, 0) is 11.3 Å². The van der Waals surface area contributed by atoms with Crippen LogP contribution >= 0.6 is 0 Å². The quantitative estimate of drug-likeness (QED) is 0.855. The fraction of sp³-hybridized carbons (Fsp3) is 0.571. The lowest BCUT2D eigenvalue weighted by molar-refractivity contribution is -0.143. The molecule has 1 N–H and O–H groups in total. The highest BCUT2D eigenvalue weighted by Gasteiger charge is 2.24. The Bertz CT molecular complexity index is 441. The summed E-state index contributed by atoms with van der Waals surface area (Å²) in [6, 6.07) is 3.47. The highest BCUT2D eigenvalue weighted by atomic mass is 16.5. The number of aromatic nitrogens is 1. The molecule has 1 saturated heterocycles. The van der Waals surface area contributed by atoms with Gasteiger partial charge in [0.15, 0.2) is 0 Å². The van der Waals surface area contributed by atoms with Crippen LogP contribution in [0.4, 0.5) is 0 Å². The Balaban J connectivity index is 1.83. The van der Waals surface area contributed by atoms with Crippen LogP contribution in [0.5, 0.6) is 5.88 Å². The topological polar surface area (TPSA) is 65.9 Å². The van der Waals surface area contributed by atoms with E-state index in [0.717, 1.165) is 38.3 Å². The summed E-state index contributed by atoms with van der Waals surface area (Å²) in [4.78, 5) is 19.5. The van der Waals surface area contributed by atoms with Gasteiger partial charge in [0.1, 0.15) is 6.04 Å². The molecule has 110 valence electrons. The van der Waals surface area contributed by atoms with E-state index < -0.39 is 12.0 Å². The van der Waals surface area contributed by atoms with Crippen molar-refractivity contribution in [3.63, 3.8) is 0 Å².